The molecule has 3 heterocycles. The smallest absolute Gasteiger partial charge is 0.245 e. The van der Waals surface area contributed by atoms with Crippen LogP contribution in [0.25, 0.3) is 11.0 Å². The Morgan fingerprint density at radius 1 is 1.17 bits per heavy atom. The summed E-state index contributed by atoms with van der Waals surface area (Å²) < 4.78 is 36.0. The fourth-order valence-corrected chi connectivity index (χ4v) is 6.33. The van der Waals surface area contributed by atoms with Gasteiger partial charge in [-0.2, -0.15) is 18.2 Å². The van der Waals surface area contributed by atoms with Crippen LogP contribution in [0.4, 0.5) is 0 Å². The van der Waals surface area contributed by atoms with Crippen LogP contribution in [0.1, 0.15) is 17.7 Å². The Morgan fingerprint density at radius 2 is 2.00 bits per heavy atom. The van der Waals surface area contributed by atoms with Crippen molar-refractivity contribution in [2.24, 2.45) is 5.92 Å². The molecule has 11 heteroatoms. The number of nitrogens with zero attached hydrogens (tertiary/aromatic N) is 5. The van der Waals surface area contributed by atoms with E-state index in [1.54, 1.807) is 23.1 Å². The number of fused-ring (bicyclic) bond motifs is 2. The average molecular weight is 433 g/mol. The molecule has 0 saturated carbocycles. The van der Waals surface area contributed by atoms with Crippen molar-refractivity contribution >= 4 is 38.7 Å². The highest BCUT2D eigenvalue weighted by Crippen LogP contribution is 2.28. The molecule has 0 radical (unpaired) electrons. The molecule has 9 nitrogen and oxygen atoms in total. The number of aromatic amines is 1. The van der Waals surface area contributed by atoms with E-state index in [1.807, 2.05) is 6.20 Å². The Labute approximate surface area is 172 Å². The predicted octanol–water partition coefficient (Wildman–Crippen LogP) is 1.05. The number of piperazine rings is 1. The number of sulfonamides is 1. The summed E-state index contributed by atoms with van der Waals surface area (Å²) in [6.07, 6.45) is 4.16. The first-order valence-corrected chi connectivity index (χ1v) is 11.7. The number of carbonyl (C=O) groups excluding carboxylic acids is 1. The summed E-state index contributed by atoms with van der Waals surface area (Å²) in [6, 6.07) is 5.01. The highest BCUT2D eigenvalue weighted by Gasteiger charge is 2.35. The van der Waals surface area contributed by atoms with Gasteiger partial charge < -0.3 is 4.90 Å². The standard InChI is InChI=1S/C18H20N6O3S2/c25-18(12-4-5-13-11-19-20-15(13)10-12)23-6-8-24(9-7-23)29(26,27)16-3-1-2-14-17(16)22-28-21-14/h1-3,11-12H,4-10H2,(H,19,20)/t12-/m1/s1. The second-order valence-corrected chi connectivity index (χ2v) is 9.87. The Hall–Kier alpha value is -2.37. The zero-order chi connectivity index (χ0) is 20.0. The fraction of sp³-hybridized carbons (Fsp3) is 0.444. The summed E-state index contributed by atoms with van der Waals surface area (Å²) in [6.45, 7) is 1.36. The molecule has 1 atom stereocenters. The fourth-order valence-electron chi connectivity index (χ4n) is 4.15. The number of carbonyl (C=O) groups is 1. The van der Waals surface area contributed by atoms with Gasteiger partial charge >= 0.3 is 0 Å². The van der Waals surface area contributed by atoms with Gasteiger partial charge in [-0.25, -0.2) is 8.42 Å². The van der Waals surface area contributed by atoms with Crippen molar-refractivity contribution in [3.63, 3.8) is 0 Å². The van der Waals surface area contributed by atoms with Crippen LogP contribution in [0.3, 0.4) is 0 Å². The number of nitrogens with one attached hydrogen (secondary N) is 1. The molecule has 1 aromatic carbocycles. The lowest BCUT2D eigenvalue weighted by Crippen LogP contribution is -2.52. The first-order chi connectivity index (χ1) is 14.0. The Bertz CT molecular complexity index is 1160. The van der Waals surface area contributed by atoms with Gasteiger partial charge in [0.25, 0.3) is 0 Å². The quantitative estimate of drug-likeness (QED) is 0.662. The molecule has 3 aromatic rings. The molecule has 152 valence electrons. The maximum absolute atomic E-state index is 13.1. The maximum Gasteiger partial charge on any atom is 0.245 e. The van der Waals surface area contributed by atoms with Crippen molar-refractivity contribution < 1.29 is 13.2 Å². The second kappa shape index (κ2) is 7.15. The number of aryl methyl sites for hydroxylation is 1. The first kappa shape index (κ1) is 18.6. The minimum absolute atomic E-state index is 0.0686. The van der Waals surface area contributed by atoms with Crippen LogP contribution >= 0.6 is 11.7 Å². The summed E-state index contributed by atoms with van der Waals surface area (Å²) in [7, 11) is -3.68. The van der Waals surface area contributed by atoms with Crippen molar-refractivity contribution in [1.29, 1.82) is 0 Å². The van der Waals surface area contributed by atoms with Gasteiger partial charge in [0.1, 0.15) is 15.9 Å². The molecule has 1 N–H and O–H groups in total. The summed E-state index contributed by atoms with van der Waals surface area (Å²) in [5.41, 5.74) is 3.23. The van der Waals surface area contributed by atoms with E-state index in [1.165, 1.54) is 9.87 Å². The largest absolute Gasteiger partial charge is 0.340 e. The molecule has 0 unspecified atom stereocenters. The van der Waals surface area contributed by atoms with Crippen LogP contribution < -0.4 is 0 Å². The molecule has 29 heavy (non-hydrogen) atoms. The minimum Gasteiger partial charge on any atom is -0.340 e. The van der Waals surface area contributed by atoms with Gasteiger partial charge in [-0.15, -0.1) is 0 Å². The monoisotopic (exact) mass is 432 g/mol. The molecule has 5 rings (SSSR count). The molecule has 2 aliphatic rings. The molecule has 1 fully saturated rings. The molecular weight excluding hydrogens is 412 g/mol. The van der Waals surface area contributed by atoms with Crippen LogP contribution in [0.15, 0.2) is 29.3 Å². The number of amides is 1. The number of rotatable bonds is 3. The van der Waals surface area contributed by atoms with Crippen molar-refractivity contribution in [3.05, 3.63) is 35.7 Å². The molecule has 0 spiro atoms. The van der Waals surface area contributed by atoms with Crippen LogP contribution in [0.2, 0.25) is 0 Å². The zero-order valence-corrected chi connectivity index (χ0v) is 17.2. The molecule has 1 aliphatic carbocycles. The van der Waals surface area contributed by atoms with Gasteiger partial charge in [0.05, 0.1) is 17.9 Å². The molecule has 2 aromatic heterocycles. The third kappa shape index (κ3) is 3.22. The molecular formula is C18H20N6O3S2. The highest BCUT2D eigenvalue weighted by molar-refractivity contribution is 7.89. The average Bonchev–Trinajstić information content (AvgIpc) is 3.41. The van der Waals surface area contributed by atoms with Crippen LogP contribution in [-0.4, -0.2) is 68.7 Å². The predicted molar refractivity (Wildman–Crippen MR) is 107 cm³/mol. The van der Waals surface area contributed by atoms with Gasteiger partial charge in [-0.05, 0) is 30.5 Å². The van der Waals surface area contributed by atoms with E-state index in [9.17, 15) is 13.2 Å². The normalized spacial score (nSPS) is 20.7. The lowest BCUT2D eigenvalue weighted by molar-refractivity contribution is -0.137. The van der Waals surface area contributed by atoms with Crippen LogP contribution in [0, 0.1) is 5.92 Å². The number of hydrogen-bond donors (Lipinski definition) is 1. The second-order valence-electron chi connectivity index (χ2n) is 7.43. The Kier molecular flexibility index (Phi) is 4.60. The van der Waals surface area contributed by atoms with E-state index in [0.717, 1.165) is 30.3 Å². The summed E-state index contributed by atoms with van der Waals surface area (Å²) >= 11 is 1.00. The molecule has 1 saturated heterocycles. The van der Waals surface area contributed by atoms with E-state index in [0.29, 0.717) is 30.5 Å². The molecule has 0 bridgehead atoms. The van der Waals surface area contributed by atoms with Crippen molar-refractivity contribution in [3.8, 4) is 0 Å². The lowest BCUT2D eigenvalue weighted by atomic mass is 9.87. The van der Waals surface area contributed by atoms with Gasteiger partial charge in [0, 0.05) is 44.2 Å². The van der Waals surface area contributed by atoms with Gasteiger partial charge in [0.2, 0.25) is 15.9 Å². The van der Waals surface area contributed by atoms with Crippen molar-refractivity contribution in [2.45, 2.75) is 24.2 Å². The first-order valence-electron chi connectivity index (χ1n) is 9.55. The van der Waals surface area contributed by atoms with Gasteiger partial charge in [-0.1, -0.05) is 6.07 Å². The van der Waals surface area contributed by atoms with Crippen molar-refractivity contribution in [1.82, 2.24) is 28.1 Å². The molecule has 1 amide bonds. The van der Waals surface area contributed by atoms with Crippen LogP contribution in [0.5, 0.6) is 0 Å². The molecule has 1 aliphatic heterocycles. The van der Waals surface area contributed by atoms with Gasteiger partial charge in [-0.3, -0.25) is 9.89 Å². The number of H-pyrrole nitrogens is 1. The van der Waals surface area contributed by atoms with E-state index in [4.69, 9.17) is 0 Å². The summed E-state index contributed by atoms with van der Waals surface area (Å²) in [5.74, 6) is 0.0361. The van der Waals surface area contributed by atoms with Crippen molar-refractivity contribution in [2.75, 3.05) is 26.2 Å². The van der Waals surface area contributed by atoms with E-state index in [2.05, 4.69) is 18.9 Å². The maximum atomic E-state index is 13.1. The lowest BCUT2D eigenvalue weighted by Gasteiger charge is -2.36. The summed E-state index contributed by atoms with van der Waals surface area (Å²) in [5, 5.41) is 7.05. The topological polar surface area (TPSA) is 112 Å². The van der Waals surface area contributed by atoms with Gasteiger partial charge in [0.15, 0.2) is 0 Å². The third-order valence-electron chi connectivity index (χ3n) is 5.79. The number of aromatic nitrogens is 4. The van der Waals surface area contributed by atoms with Crippen LogP contribution in [-0.2, 0) is 27.7 Å². The summed E-state index contributed by atoms with van der Waals surface area (Å²) in [4.78, 5) is 14.9. The highest BCUT2D eigenvalue weighted by atomic mass is 32.2. The van der Waals surface area contributed by atoms with E-state index < -0.39 is 10.0 Å². The Morgan fingerprint density at radius 3 is 2.83 bits per heavy atom. The van der Waals surface area contributed by atoms with E-state index in [-0.39, 0.29) is 29.8 Å². The van der Waals surface area contributed by atoms with E-state index >= 15 is 0 Å². The number of hydrogen-bond acceptors (Lipinski definition) is 7. The zero-order valence-electron chi connectivity index (χ0n) is 15.6. The SMILES string of the molecule is O=C([C@@H]1CCc2cn[nH]c2C1)N1CCN(S(=O)(=O)c2cccc3nsnc23)CC1. The third-order valence-corrected chi connectivity index (χ3v) is 8.26. The minimum atomic E-state index is -3.68. The number of benzene rings is 1. The Balaban J connectivity index is 1.28.